The molecule has 0 aliphatic rings. The van der Waals surface area contributed by atoms with E-state index in [0.29, 0.717) is 28.6 Å². The Morgan fingerprint density at radius 2 is 1.86 bits per heavy atom. The molecule has 0 saturated heterocycles. The lowest BCUT2D eigenvalue weighted by Crippen LogP contribution is -2.23. The summed E-state index contributed by atoms with van der Waals surface area (Å²) in [7, 11) is 0. The van der Waals surface area contributed by atoms with Gasteiger partial charge in [-0.2, -0.15) is 0 Å². The molecule has 0 fully saturated rings. The minimum Gasteiger partial charge on any atom is -0.310 e. The molecule has 0 bridgehead atoms. The van der Waals surface area contributed by atoms with Gasteiger partial charge in [-0.15, -0.1) is 0 Å². The molecule has 0 aromatic heterocycles. The summed E-state index contributed by atoms with van der Waals surface area (Å²) in [5.41, 5.74) is 1.53. The lowest BCUT2D eigenvalue weighted by molar-refractivity contribution is 0.497. The zero-order valence-electron chi connectivity index (χ0n) is 11.5. The molecular formula is C16H15Cl2F2N. The Balaban J connectivity index is 2.30. The third kappa shape index (κ3) is 3.94. The van der Waals surface area contributed by atoms with Crippen LogP contribution in [0.2, 0.25) is 10.0 Å². The lowest BCUT2D eigenvalue weighted by Gasteiger charge is -2.19. The second kappa shape index (κ2) is 7.21. The number of likely N-dealkylation sites (N-methyl/N-ethyl adjacent to an activating group) is 1. The van der Waals surface area contributed by atoms with Crippen LogP contribution in [0.5, 0.6) is 0 Å². The molecule has 0 aliphatic heterocycles. The van der Waals surface area contributed by atoms with Crippen molar-refractivity contribution in [2.45, 2.75) is 19.4 Å². The molecule has 0 heterocycles. The van der Waals surface area contributed by atoms with E-state index in [1.165, 1.54) is 6.07 Å². The summed E-state index contributed by atoms with van der Waals surface area (Å²) in [4.78, 5) is 0. The maximum Gasteiger partial charge on any atom is 0.159 e. The predicted molar refractivity (Wildman–Crippen MR) is 82.9 cm³/mol. The van der Waals surface area contributed by atoms with Crippen LogP contribution in [-0.2, 0) is 6.42 Å². The van der Waals surface area contributed by atoms with Crippen LogP contribution in [0.1, 0.15) is 24.1 Å². The zero-order valence-corrected chi connectivity index (χ0v) is 13.0. The van der Waals surface area contributed by atoms with Gasteiger partial charge in [0.15, 0.2) is 11.6 Å². The highest BCUT2D eigenvalue weighted by Crippen LogP contribution is 2.29. The topological polar surface area (TPSA) is 12.0 Å². The quantitative estimate of drug-likeness (QED) is 0.798. The number of nitrogens with one attached hydrogen (secondary N) is 1. The summed E-state index contributed by atoms with van der Waals surface area (Å²) in [6, 6.07) is 9.16. The molecule has 112 valence electrons. The first kappa shape index (κ1) is 16.2. The van der Waals surface area contributed by atoms with Crippen molar-refractivity contribution < 1.29 is 8.78 Å². The Bertz CT molecular complexity index is 632. The summed E-state index contributed by atoms with van der Waals surface area (Å²) in [6.45, 7) is 2.65. The van der Waals surface area contributed by atoms with Crippen molar-refractivity contribution in [3.05, 3.63) is 69.2 Å². The summed E-state index contributed by atoms with van der Waals surface area (Å²) >= 11 is 12.2. The van der Waals surface area contributed by atoms with E-state index in [4.69, 9.17) is 23.2 Å². The van der Waals surface area contributed by atoms with Gasteiger partial charge in [-0.3, -0.25) is 0 Å². The molecule has 2 aromatic rings. The fourth-order valence-corrected chi connectivity index (χ4v) is 2.61. The monoisotopic (exact) mass is 329 g/mol. The second-order valence-electron chi connectivity index (χ2n) is 4.70. The molecule has 5 heteroatoms. The predicted octanol–water partition coefficient (Wildman–Crippen LogP) is 5.16. The Kier molecular flexibility index (Phi) is 5.57. The molecule has 0 aliphatic carbocycles. The molecule has 0 amide bonds. The van der Waals surface area contributed by atoms with Crippen LogP contribution >= 0.6 is 23.2 Å². The van der Waals surface area contributed by atoms with E-state index < -0.39 is 11.6 Å². The maximum absolute atomic E-state index is 13.4. The van der Waals surface area contributed by atoms with E-state index in [9.17, 15) is 8.78 Å². The van der Waals surface area contributed by atoms with Crippen molar-refractivity contribution in [1.29, 1.82) is 0 Å². The molecule has 1 atom stereocenters. The van der Waals surface area contributed by atoms with Gasteiger partial charge in [0.05, 0.1) is 10.0 Å². The van der Waals surface area contributed by atoms with Crippen molar-refractivity contribution in [3.8, 4) is 0 Å². The van der Waals surface area contributed by atoms with E-state index in [1.54, 1.807) is 12.1 Å². The highest BCUT2D eigenvalue weighted by Gasteiger charge is 2.16. The van der Waals surface area contributed by atoms with Crippen molar-refractivity contribution in [2.75, 3.05) is 6.54 Å². The van der Waals surface area contributed by atoms with Crippen LogP contribution in [0.25, 0.3) is 0 Å². The number of benzene rings is 2. The van der Waals surface area contributed by atoms with Gasteiger partial charge in [0.2, 0.25) is 0 Å². The second-order valence-corrected chi connectivity index (χ2v) is 5.49. The first-order valence-corrected chi connectivity index (χ1v) is 7.39. The van der Waals surface area contributed by atoms with Gasteiger partial charge in [-0.05, 0) is 42.3 Å². The van der Waals surface area contributed by atoms with E-state index in [0.717, 1.165) is 11.6 Å². The zero-order chi connectivity index (χ0) is 15.4. The molecule has 2 aromatic carbocycles. The third-order valence-electron chi connectivity index (χ3n) is 3.25. The minimum absolute atomic E-state index is 0.166. The van der Waals surface area contributed by atoms with Crippen LogP contribution in [-0.4, -0.2) is 6.54 Å². The fourth-order valence-electron chi connectivity index (χ4n) is 2.21. The fraction of sp³-hybridized carbons (Fsp3) is 0.250. The summed E-state index contributed by atoms with van der Waals surface area (Å²) in [5, 5.41) is 4.22. The number of rotatable bonds is 5. The van der Waals surface area contributed by atoms with Gasteiger partial charge in [-0.1, -0.05) is 48.3 Å². The van der Waals surface area contributed by atoms with Crippen LogP contribution in [0.15, 0.2) is 36.4 Å². The molecule has 1 N–H and O–H groups in total. The Hall–Kier alpha value is -1.16. The maximum atomic E-state index is 13.4. The van der Waals surface area contributed by atoms with Crippen LogP contribution < -0.4 is 5.32 Å². The average Bonchev–Trinajstić information content (AvgIpc) is 2.46. The normalized spacial score (nSPS) is 12.4. The molecular weight excluding hydrogens is 315 g/mol. The number of hydrogen-bond donors (Lipinski definition) is 1. The molecule has 21 heavy (non-hydrogen) atoms. The molecule has 0 saturated carbocycles. The van der Waals surface area contributed by atoms with Crippen LogP contribution in [0.3, 0.4) is 0 Å². The third-order valence-corrected chi connectivity index (χ3v) is 4.11. The Morgan fingerprint density at radius 1 is 1.10 bits per heavy atom. The van der Waals surface area contributed by atoms with Crippen molar-refractivity contribution in [1.82, 2.24) is 5.32 Å². The first-order valence-electron chi connectivity index (χ1n) is 6.64. The summed E-state index contributed by atoms with van der Waals surface area (Å²) in [5.74, 6) is -1.71. The molecule has 1 nitrogen and oxygen atoms in total. The van der Waals surface area contributed by atoms with Gasteiger partial charge >= 0.3 is 0 Å². The smallest absolute Gasteiger partial charge is 0.159 e. The van der Waals surface area contributed by atoms with Gasteiger partial charge < -0.3 is 5.32 Å². The Morgan fingerprint density at radius 3 is 2.52 bits per heavy atom. The largest absolute Gasteiger partial charge is 0.310 e. The van der Waals surface area contributed by atoms with Crippen LogP contribution in [0.4, 0.5) is 8.78 Å². The van der Waals surface area contributed by atoms with Crippen molar-refractivity contribution in [3.63, 3.8) is 0 Å². The molecule has 0 spiro atoms. The van der Waals surface area contributed by atoms with E-state index in [1.807, 2.05) is 19.1 Å². The lowest BCUT2D eigenvalue weighted by atomic mass is 9.98. The first-order chi connectivity index (χ1) is 10.0. The summed E-state index contributed by atoms with van der Waals surface area (Å²) in [6.07, 6.45) is 0.540. The Labute approximate surface area is 132 Å². The standard InChI is InChI=1S/C16H15Cl2F2N/c1-2-21-15(10-6-7-13(19)14(20)8-10)9-11-4-3-5-12(17)16(11)18/h3-8,15,21H,2,9H2,1H3. The SMILES string of the molecule is CCNC(Cc1cccc(Cl)c1Cl)c1ccc(F)c(F)c1. The van der Waals surface area contributed by atoms with Crippen molar-refractivity contribution >= 4 is 23.2 Å². The van der Waals surface area contributed by atoms with Gasteiger partial charge in [-0.25, -0.2) is 8.78 Å². The number of hydrogen-bond acceptors (Lipinski definition) is 1. The highest BCUT2D eigenvalue weighted by atomic mass is 35.5. The van der Waals surface area contributed by atoms with Gasteiger partial charge in [0.25, 0.3) is 0 Å². The molecule has 1 unspecified atom stereocenters. The van der Waals surface area contributed by atoms with E-state index in [-0.39, 0.29) is 6.04 Å². The highest BCUT2D eigenvalue weighted by molar-refractivity contribution is 6.42. The van der Waals surface area contributed by atoms with Gasteiger partial charge in [0.1, 0.15) is 0 Å². The van der Waals surface area contributed by atoms with E-state index >= 15 is 0 Å². The molecule has 0 radical (unpaired) electrons. The van der Waals surface area contributed by atoms with Crippen molar-refractivity contribution in [2.24, 2.45) is 0 Å². The minimum atomic E-state index is -0.854. The summed E-state index contributed by atoms with van der Waals surface area (Å²) < 4.78 is 26.5. The van der Waals surface area contributed by atoms with Crippen LogP contribution in [0, 0.1) is 11.6 Å². The average molecular weight is 330 g/mol. The van der Waals surface area contributed by atoms with Gasteiger partial charge in [0, 0.05) is 6.04 Å². The number of halogens is 4. The molecule has 2 rings (SSSR count). The van der Waals surface area contributed by atoms with E-state index in [2.05, 4.69) is 5.32 Å².